The van der Waals surface area contributed by atoms with E-state index in [2.05, 4.69) is 4.52 Å². The Morgan fingerprint density at radius 1 is 1.03 bits per heavy atom. The maximum atomic E-state index is 13.2. The minimum absolute atomic E-state index is 0.142. The number of hydrogen-bond acceptors (Lipinski definition) is 4. The number of rotatable bonds is 9. The Hall–Kier alpha value is -3.03. The molecule has 7 nitrogen and oxygen atoms in total. The van der Waals surface area contributed by atoms with Crippen LogP contribution >= 0.6 is 7.82 Å². The lowest BCUT2D eigenvalue weighted by Gasteiger charge is -2.43. The monoisotopic (exact) mass is 513 g/mol. The standard InChI is InChI=1S/C27H29FNO6P/c1-20(21-8-10-22(11-9-21)23-12-14-25(28)15-13-23)29-18-17-27(35-26(29)30,24-6-3-2-4-7-24)16-5-19-34-36(31,32)33/h2-4,6-15,20H,5,16-19H2,1H3,(H2,31,32,33)/t20-,27?/m0/s1. The maximum absolute atomic E-state index is 13.2. The van der Waals surface area contributed by atoms with E-state index in [-0.39, 0.29) is 18.5 Å². The summed E-state index contributed by atoms with van der Waals surface area (Å²) in [5.41, 5.74) is 2.74. The summed E-state index contributed by atoms with van der Waals surface area (Å²) in [4.78, 5) is 32.8. The van der Waals surface area contributed by atoms with Crippen molar-refractivity contribution in [1.29, 1.82) is 0 Å². The Kier molecular flexibility index (Phi) is 7.91. The lowest BCUT2D eigenvalue weighted by Crippen LogP contribution is -2.48. The molecule has 1 aliphatic rings. The van der Waals surface area contributed by atoms with Crippen molar-refractivity contribution in [2.24, 2.45) is 0 Å². The van der Waals surface area contributed by atoms with Crippen molar-refractivity contribution in [3.05, 3.63) is 95.8 Å². The zero-order valence-electron chi connectivity index (χ0n) is 19.9. The Morgan fingerprint density at radius 2 is 1.64 bits per heavy atom. The molecule has 0 bridgehead atoms. The van der Waals surface area contributed by atoms with E-state index in [4.69, 9.17) is 14.5 Å². The lowest BCUT2D eigenvalue weighted by molar-refractivity contribution is -0.0679. The number of nitrogens with zero attached hydrogens (tertiary/aromatic N) is 1. The molecule has 2 atom stereocenters. The molecule has 1 amide bonds. The van der Waals surface area contributed by atoms with Crippen molar-refractivity contribution in [1.82, 2.24) is 4.90 Å². The van der Waals surface area contributed by atoms with Gasteiger partial charge >= 0.3 is 13.9 Å². The number of carbonyl (C=O) groups is 1. The Labute approximate surface area is 209 Å². The Balaban J connectivity index is 1.47. The van der Waals surface area contributed by atoms with E-state index >= 15 is 0 Å². The second-order valence-electron chi connectivity index (χ2n) is 8.90. The summed E-state index contributed by atoms with van der Waals surface area (Å²) in [6.07, 6.45) is 0.762. The van der Waals surface area contributed by atoms with Crippen molar-refractivity contribution < 1.29 is 32.8 Å². The third kappa shape index (κ3) is 6.20. The van der Waals surface area contributed by atoms with Crippen LogP contribution < -0.4 is 0 Å². The van der Waals surface area contributed by atoms with Gasteiger partial charge in [-0.15, -0.1) is 0 Å². The molecule has 0 saturated carbocycles. The van der Waals surface area contributed by atoms with Gasteiger partial charge in [0.05, 0.1) is 12.6 Å². The van der Waals surface area contributed by atoms with Gasteiger partial charge in [0, 0.05) is 13.0 Å². The summed E-state index contributed by atoms with van der Waals surface area (Å²) < 4.78 is 34.9. The highest BCUT2D eigenvalue weighted by Crippen LogP contribution is 2.42. The van der Waals surface area contributed by atoms with Crippen molar-refractivity contribution in [2.75, 3.05) is 13.2 Å². The highest BCUT2D eigenvalue weighted by atomic mass is 31.2. The van der Waals surface area contributed by atoms with Gasteiger partial charge in [-0.2, -0.15) is 0 Å². The summed E-state index contributed by atoms with van der Waals surface area (Å²) in [5.74, 6) is -0.284. The quantitative estimate of drug-likeness (QED) is 0.262. The molecular weight excluding hydrogens is 484 g/mol. The molecule has 1 unspecified atom stereocenters. The van der Waals surface area contributed by atoms with Gasteiger partial charge in [0.2, 0.25) is 0 Å². The van der Waals surface area contributed by atoms with E-state index in [1.165, 1.54) is 12.1 Å². The molecule has 0 aromatic heterocycles. The molecule has 1 fully saturated rings. The normalized spacial score (nSPS) is 19.1. The summed E-state index contributed by atoms with van der Waals surface area (Å²) in [6.45, 7) is 2.25. The number of amides is 1. The van der Waals surface area contributed by atoms with Gasteiger partial charge in [-0.3, -0.25) is 4.52 Å². The van der Waals surface area contributed by atoms with Crippen LogP contribution in [0, 0.1) is 5.82 Å². The van der Waals surface area contributed by atoms with E-state index in [9.17, 15) is 13.8 Å². The van der Waals surface area contributed by atoms with Gasteiger partial charge in [-0.05, 0) is 54.2 Å². The second-order valence-corrected chi connectivity index (χ2v) is 10.1. The van der Waals surface area contributed by atoms with Crippen LogP contribution in [0.2, 0.25) is 0 Å². The summed E-state index contributed by atoms with van der Waals surface area (Å²) in [5, 5.41) is 0. The summed E-state index contributed by atoms with van der Waals surface area (Å²) in [7, 11) is -4.56. The molecule has 9 heteroatoms. The average molecular weight is 514 g/mol. The highest BCUT2D eigenvalue weighted by Gasteiger charge is 2.43. The lowest BCUT2D eigenvalue weighted by atomic mass is 9.84. The van der Waals surface area contributed by atoms with Gasteiger partial charge in [0.15, 0.2) is 0 Å². The van der Waals surface area contributed by atoms with Crippen molar-refractivity contribution in [3.8, 4) is 11.1 Å². The van der Waals surface area contributed by atoms with Crippen LogP contribution in [0.3, 0.4) is 0 Å². The molecule has 0 radical (unpaired) electrons. The molecule has 1 heterocycles. The predicted octanol–water partition coefficient (Wildman–Crippen LogP) is 6.18. The summed E-state index contributed by atoms with van der Waals surface area (Å²) >= 11 is 0. The summed E-state index contributed by atoms with van der Waals surface area (Å²) in [6, 6.07) is 23.3. The van der Waals surface area contributed by atoms with Crippen LogP contribution in [-0.2, 0) is 19.4 Å². The molecule has 2 N–H and O–H groups in total. The van der Waals surface area contributed by atoms with E-state index in [1.807, 2.05) is 61.5 Å². The predicted molar refractivity (Wildman–Crippen MR) is 133 cm³/mol. The topological polar surface area (TPSA) is 96.3 Å². The highest BCUT2D eigenvalue weighted by molar-refractivity contribution is 7.46. The number of phosphoric acid groups is 1. The minimum atomic E-state index is -4.56. The zero-order valence-corrected chi connectivity index (χ0v) is 20.8. The molecule has 190 valence electrons. The minimum Gasteiger partial charge on any atom is -0.438 e. The van der Waals surface area contributed by atoms with Crippen LogP contribution in [0.15, 0.2) is 78.9 Å². The fraction of sp³-hybridized carbons (Fsp3) is 0.296. The van der Waals surface area contributed by atoms with E-state index in [1.54, 1.807) is 17.0 Å². The fourth-order valence-electron chi connectivity index (χ4n) is 4.60. The SMILES string of the molecule is C[C@@H](c1ccc(-c2ccc(F)cc2)cc1)N1CCC(CCCOP(=O)(O)O)(c2ccccc2)OC1=O. The van der Waals surface area contributed by atoms with Gasteiger partial charge in [-0.1, -0.05) is 66.7 Å². The zero-order chi connectivity index (χ0) is 25.8. The van der Waals surface area contributed by atoms with Crippen molar-refractivity contribution in [3.63, 3.8) is 0 Å². The fourth-order valence-corrected chi connectivity index (χ4v) is 4.97. The van der Waals surface area contributed by atoms with Crippen molar-refractivity contribution in [2.45, 2.75) is 37.8 Å². The molecule has 4 rings (SSSR count). The number of carbonyl (C=O) groups excluding carboxylic acids is 1. The molecule has 0 aliphatic carbocycles. The smallest absolute Gasteiger partial charge is 0.438 e. The molecule has 3 aromatic rings. The van der Waals surface area contributed by atoms with Gasteiger partial charge in [0.1, 0.15) is 11.4 Å². The first-order valence-corrected chi connectivity index (χ1v) is 13.3. The van der Waals surface area contributed by atoms with Crippen LogP contribution in [0.4, 0.5) is 9.18 Å². The molecule has 3 aromatic carbocycles. The largest absolute Gasteiger partial charge is 0.469 e. The van der Waals surface area contributed by atoms with Crippen molar-refractivity contribution >= 4 is 13.9 Å². The average Bonchev–Trinajstić information content (AvgIpc) is 2.87. The third-order valence-electron chi connectivity index (χ3n) is 6.60. The Morgan fingerprint density at radius 3 is 2.22 bits per heavy atom. The van der Waals surface area contributed by atoms with Gasteiger partial charge < -0.3 is 19.4 Å². The van der Waals surface area contributed by atoms with Crippen LogP contribution in [0.25, 0.3) is 11.1 Å². The van der Waals surface area contributed by atoms with Crippen LogP contribution in [-0.4, -0.2) is 33.9 Å². The molecule has 36 heavy (non-hydrogen) atoms. The maximum Gasteiger partial charge on any atom is 0.469 e. The number of cyclic esters (lactones) is 1. The third-order valence-corrected chi connectivity index (χ3v) is 7.12. The number of hydrogen-bond donors (Lipinski definition) is 2. The second kappa shape index (κ2) is 10.9. The van der Waals surface area contributed by atoms with Crippen LogP contribution in [0.1, 0.15) is 43.4 Å². The first-order chi connectivity index (χ1) is 17.2. The van der Waals surface area contributed by atoms with Crippen LogP contribution in [0.5, 0.6) is 0 Å². The Bertz CT molecular complexity index is 1220. The number of ether oxygens (including phenoxy) is 1. The first kappa shape index (κ1) is 26.0. The van der Waals surface area contributed by atoms with Gasteiger partial charge in [-0.25, -0.2) is 13.8 Å². The van der Waals surface area contributed by atoms with E-state index < -0.39 is 19.5 Å². The number of halogens is 1. The van der Waals surface area contributed by atoms with E-state index in [0.717, 1.165) is 22.3 Å². The first-order valence-electron chi connectivity index (χ1n) is 11.8. The number of phosphoric ester groups is 1. The molecule has 1 saturated heterocycles. The number of benzene rings is 3. The molecular formula is C27H29FNO6P. The molecule has 1 aliphatic heterocycles. The van der Waals surface area contributed by atoms with E-state index in [0.29, 0.717) is 25.8 Å². The van der Waals surface area contributed by atoms with Gasteiger partial charge in [0.25, 0.3) is 0 Å². The molecule has 0 spiro atoms.